The molecule has 19 heavy (non-hydrogen) atoms. The number of thiophene rings is 1. The van der Waals surface area contributed by atoms with Gasteiger partial charge in [-0.3, -0.25) is 0 Å². The number of nitrogens with zero attached hydrogens (tertiary/aromatic N) is 1. The number of halogens is 2. The van der Waals surface area contributed by atoms with E-state index in [0.29, 0.717) is 17.0 Å². The highest BCUT2D eigenvalue weighted by atomic mass is 79.9. The number of para-hydroxylation sites is 1. The maximum absolute atomic E-state index is 11.1. The van der Waals surface area contributed by atoms with E-state index in [0.717, 1.165) is 13.1 Å². The van der Waals surface area contributed by atoms with Crippen molar-refractivity contribution in [2.24, 2.45) is 0 Å². The minimum atomic E-state index is -1.03. The van der Waals surface area contributed by atoms with Gasteiger partial charge in [0.15, 0.2) is 5.58 Å². The number of carbonyl (C=O) groups is 1. The van der Waals surface area contributed by atoms with Crippen molar-refractivity contribution in [3.05, 3.63) is 38.1 Å². The molecule has 2 heterocycles. The summed E-state index contributed by atoms with van der Waals surface area (Å²) in [6.45, 7) is 0. The molecule has 0 saturated heterocycles. The smallest absolute Gasteiger partial charge is 0.339 e. The Morgan fingerprint density at radius 2 is 2.16 bits per heavy atom. The summed E-state index contributed by atoms with van der Waals surface area (Å²) >= 11 is 8.26. The molecule has 0 fully saturated rings. The van der Waals surface area contributed by atoms with Gasteiger partial charge in [-0.15, -0.1) is 11.3 Å². The van der Waals surface area contributed by atoms with Crippen LogP contribution in [-0.4, -0.2) is 16.1 Å². The number of carboxylic acid groups (broad SMARTS) is 1. The highest BCUT2D eigenvalue weighted by Crippen LogP contribution is 2.39. The minimum absolute atomic E-state index is 0.117. The molecule has 0 amide bonds. The molecule has 3 aromatic rings. The van der Waals surface area contributed by atoms with Crippen molar-refractivity contribution in [2.45, 2.75) is 0 Å². The predicted molar refractivity (Wildman–Crippen MR) is 79.7 cm³/mol. The molecule has 0 aliphatic heterocycles. The summed E-state index contributed by atoms with van der Waals surface area (Å²) < 4.78 is 7.44. The lowest BCUT2D eigenvalue weighted by Gasteiger charge is -1.92. The summed E-state index contributed by atoms with van der Waals surface area (Å²) in [5.41, 5.74) is 0.951. The van der Waals surface area contributed by atoms with E-state index in [1.807, 2.05) is 6.07 Å². The Morgan fingerprint density at radius 1 is 1.37 bits per heavy atom. The molecule has 0 radical (unpaired) electrons. The van der Waals surface area contributed by atoms with E-state index < -0.39 is 5.97 Å². The van der Waals surface area contributed by atoms with Gasteiger partial charge in [-0.1, -0.05) is 6.07 Å². The average Bonchev–Trinajstić information content (AvgIpc) is 2.93. The van der Waals surface area contributed by atoms with Crippen molar-refractivity contribution in [1.29, 1.82) is 0 Å². The molecule has 0 spiro atoms. The second-order valence-corrected chi connectivity index (χ2v) is 6.93. The topological polar surface area (TPSA) is 63.3 Å². The van der Waals surface area contributed by atoms with Crippen molar-refractivity contribution in [2.75, 3.05) is 0 Å². The third-order valence-electron chi connectivity index (χ3n) is 2.50. The maximum atomic E-state index is 11.1. The van der Waals surface area contributed by atoms with Gasteiger partial charge in [0.2, 0.25) is 5.89 Å². The molecule has 0 aliphatic rings. The Morgan fingerprint density at radius 3 is 2.79 bits per heavy atom. The minimum Gasteiger partial charge on any atom is -0.478 e. The first-order valence-electron chi connectivity index (χ1n) is 5.14. The molecule has 96 valence electrons. The van der Waals surface area contributed by atoms with Crippen LogP contribution in [0.5, 0.6) is 0 Å². The third-order valence-corrected chi connectivity index (χ3v) is 5.75. The fourth-order valence-corrected chi connectivity index (χ4v) is 3.64. The molecular formula is C12H5Br2NO3S. The van der Waals surface area contributed by atoms with Gasteiger partial charge in [0.25, 0.3) is 0 Å². The van der Waals surface area contributed by atoms with Gasteiger partial charge in [-0.2, -0.15) is 0 Å². The SMILES string of the molecule is O=C(O)c1cccc2nc(-c3cc(Br)c(Br)s3)oc12. The van der Waals surface area contributed by atoms with Gasteiger partial charge in [-0.05, 0) is 50.1 Å². The highest BCUT2D eigenvalue weighted by Gasteiger charge is 2.17. The van der Waals surface area contributed by atoms with Crippen molar-refractivity contribution >= 4 is 60.3 Å². The predicted octanol–water partition coefficient (Wildman–Crippen LogP) is 4.78. The van der Waals surface area contributed by atoms with Crippen LogP contribution >= 0.6 is 43.2 Å². The Hall–Kier alpha value is -1.18. The first-order valence-corrected chi connectivity index (χ1v) is 7.54. The van der Waals surface area contributed by atoms with E-state index in [4.69, 9.17) is 9.52 Å². The first-order chi connectivity index (χ1) is 9.06. The Balaban J connectivity index is 2.21. The number of hydrogen-bond donors (Lipinski definition) is 1. The summed E-state index contributed by atoms with van der Waals surface area (Å²) in [5.74, 6) is -0.609. The van der Waals surface area contributed by atoms with Gasteiger partial charge >= 0.3 is 5.97 Å². The van der Waals surface area contributed by atoms with Crippen LogP contribution in [0, 0.1) is 0 Å². The molecule has 4 nitrogen and oxygen atoms in total. The lowest BCUT2D eigenvalue weighted by molar-refractivity contribution is 0.0698. The number of carboxylic acids is 1. The van der Waals surface area contributed by atoms with Crippen LogP contribution < -0.4 is 0 Å². The summed E-state index contributed by atoms with van der Waals surface area (Å²) in [4.78, 5) is 16.3. The number of hydrogen-bond acceptors (Lipinski definition) is 4. The van der Waals surface area contributed by atoms with Gasteiger partial charge in [0, 0.05) is 4.47 Å². The van der Waals surface area contributed by atoms with E-state index in [1.165, 1.54) is 17.4 Å². The van der Waals surface area contributed by atoms with Crippen LogP contribution in [0.2, 0.25) is 0 Å². The normalized spacial score (nSPS) is 11.1. The maximum Gasteiger partial charge on any atom is 0.339 e. The number of rotatable bonds is 2. The van der Waals surface area contributed by atoms with Crippen molar-refractivity contribution < 1.29 is 14.3 Å². The molecule has 7 heteroatoms. The second kappa shape index (κ2) is 4.73. The molecule has 3 rings (SSSR count). The summed E-state index contributed by atoms with van der Waals surface area (Å²) in [5, 5.41) is 9.11. The second-order valence-electron chi connectivity index (χ2n) is 3.71. The molecule has 1 N–H and O–H groups in total. The monoisotopic (exact) mass is 401 g/mol. The van der Waals surface area contributed by atoms with E-state index in [9.17, 15) is 4.79 Å². The van der Waals surface area contributed by atoms with Gasteiger partial charge in [0.05, 0.1) is 8.66 Å². The van der Waals surface area contributed by atoms with Crippen LogP contribution in [0.4, 0.5) is 0 Å². The molecular weight excluding hydrogens is 398 g/mol. The van der Waals surface area contributed by atoms with Gasteiger partial charge < -0.3 is 9.52 Å². The molecule has 0 aliphatic carbocycles. The number of oxazole rings is 1. The van der Waals surface area contributed by atoms with Crippen LogP contribution in [-0.2, 0) is 0 Å². The summed E-state index contributed by atoms with van der Waals surface area (Å²) in [6, 6.07) is 6.75. The van der Waals surface area contributed by atoms with Crippen LogP contribution in [0.25, 0.3) is 21.9 Å². The number of aromatic carboxylic acids is 1. The van der Waals surface area contributed by atoms with Gasteiger partial charge in [-0.25, -0.2) is 9.78 Å². The van der Waals surface area contributed by atoms with Crippen molar-refractivity contribution in [1.82, 2.24) is 4.98 Å². The zero-order valence-electron chi connectivity index (χ0n) is 9.18. The first kappa shape index (κ1) is 12.8. The summed E-state index contributed by atoms with van der Waals surface area (Å²) in [6.07, 6.45) is 0. The Kier molecular flexibility index (Phi) is 3.20. The fraction of sp³-hybridized carbons (Fsp3) is 0. The lowest BCUT2D eigenvalue weighted by Crippen LogP contribution is -1.95. The molecule has 2 aromatic heterocycles. The average molecular weight is 403 g/mol. The molecule has 0 bridgehead atoms. The van der Waals surface area contributed by atoms with Crippen molar-refractivity contribution in [3.8, 4) is 10.8 Å². The van der Waals surface area contributed by atoms with E-state index >= 15 is 0 Å². The zero-order valence-corrected chi connectivity index (χ0v) is 13.2. The van der Waals surface area contributed by atoms with E-state index in [2.05, 4.69) is 36.8 Å². The van der Waals surface area contributed by atoms with Crippen LogP contribution in [0.3, 0.4) is 0 Å². The molecule has 0 unspecified atom stereocenters. The quantitative estimate of drug-likeness (QED) is 0.669. The standard InChI is InChI=1S/C12H5Br2NO3S/c13-6-4-8(19-10(6)14)11-15-7-3-1-2-5(12(16)17)9(7)18-11/h1-4H,(H,16,17). The lowest BCUT2D eigenvalue weighted by atomic mass is 10.2. The van der Waals surface area contributed by atoms with E-state index in [1.54, 1.807) is 12.1 Å². The molecule has 0 atom stereocenters. The molecule has 1 aromatic carbocycles. The number of benzene rings is 1. The third kappa shape index (κ3) is 2.22. The Bertz CT molecular complexity index is 774. The largest absolute Gasteiger partial charge is 0.478 e. The highest BCUT2D eigenvalue weighted by molar-refractivity contribution is 9.13. The van der Waals surface area contributed by atoms with Gasteiger partial charge in [0.1, 0.15) is 11.1 Å². The number of fused-ring (bicyclic) bond motifs is 1. The van der Waals surface area contributed by atoms with Crippen molar-refractivity contribution in [3.63, 3.8) is 0 Å². The Labute approximate surface area is 128 Å². The molecule has 0 saturated carbocycles. The fourth-order valence-electron chi connectivity index (χ4n) is 1.67. The van der Waals surface area contributed by atoms with Crippen LogP contribution in [0.15, 0.2) is 36.9 Å². The zero-order chi connectivity index (χ0) is 13.6. The van der Waals surface area contributed by atoms with Crippen LogP contribution in [0.1, 0.15) is 10.4 Å². The number of aromatic nitrogens is 1. The summed E-state index contributed by atoms with van der Waals surface area (Å²) in [7, 11) is 0. The van der Waals surface area contributed by atoms with E-state index in [-0.39, 0.29) is 5.56 Å².